The smallest absolute Gasteiger partial charge is 0.368 e. The fraction of sp³-hybridized carbons (Fsp3) is 0.562. The van der Waals surface area contributed by atoms with E-state index in [2.05, 4.69) is 5.32 Å². The minimum atomic E-state index is -4.34. The first-order valence-corrected chi connectivity index (χ1v) is 7.79. The van der Waals surface area contributed by atoms with E-state index in [0.717, 1.165) is 18.6 Å². The van der Waals surface area contributed by atoms with Crippen molar-refractivity contribution in [1.29, 1.82) is 0 Å². The molecule has 23 heavy (non-hydrogen) atoms. The number of hydrogen-bond acceptors (Lipinski definition) is 2. The van der Waals surface area contributed by atoms with Crippen molar-refractivity contribution >= 4 is 11.7 Å². The van der Waals surface area contributed by atoms with Gasteiger partial charge in [0.15, 0.2) is 0 Å². The highest BCUT2D eigenvalue weighted by Crippen LogP contribution is 2.31. The second-order valence-electron chi connectivity index (χ2n) is 5.78. The van der Waals surface area contributed by atoms with Crippen LogP contribution in [0.15, 0.2) is 24.3 Å². The number of alkyl halides is 3. The summed E-state index contributed by atoms with van der Waals surface area (Å²) in [5.74, 6) is 0. The molecule has 2 rings (SSSR count). The zero-order valence-electron chi connectivity index (χ0n) is 13.4. The molecule has 1 heterocycles. The molecular formula is C16H22F3N3O. The molecule has 0 spiro atoms. The summed E-state index contributed by atoms with van der Waals surface area (Å²) >= 11 is 0. The van der Waals surface area contributed by atoms with E-state index in [-0.39, 0.29) is 12.1 Å². The van der Waals surface area contributed by atoms with Gasteiger partial charge in [0.1, 0.15) is 0 Å². The Morgan fingerprint density at radius 1 is 1.26 bits per heavy atom. The average Bonchev–Trinajstić information content (AvgIpc) is 2.54. The Bertz CT molecular complexity index is 540. The average molecular weight is 329 g/mol. The molecule has 128 valence electrons. The fourth-order valence-corrected chi connectivity index (χ4v) is 2.45. The predicted molar refractivity (Wildman–Crippen MR) is 83.5 cm³/mol. The zero-order chi connectivity index (χ0) is 17.0. The molecule has 2 amide bonds. The SMILES string of the molecule is CCC(C)NC(=O)N1CCN(c2cccc(C(F)(F)F)c2)CC1. The summed E-state index contributed by atoms with van der Waals surface area (Å²) in [5.41, 5.74) is -0.103. The molecule has 1 atom stereocenters. The quantitative estimate of drug-likeness (QED) is 0.923. The molecule has 0 radical (unpaired) electrons. The molecular weight excluding hydrogens is 307 g/mol. The Balaban J connectivity index is 1.96. The summed E-state index contributed by atoms with van der Waals surface area (Å²) in [6, 6.07) is 5.32. The lowest BCUT2D eigenvalue weighted by Crippen LogP contribution is -2.53. The van der Waals surface area contributed by atoms with E-state index in [1.54, 1.807) is 11.0 Å². The standard InChI is InChI=1S/C16H22F3N3O/c1-3-12(2)20-15(23)22-9-7-21(8-10-22)14-6-4-5-13(11-14)16(17,18)19/h4-6,11-12H,3,7-10H2,1-2H3,(H,20,23). The summed E-state index contributed by atoms with van der Waals surface area (Å²) in [5, 5.41) is 2.90. The maximum absolute atomic E-state index is 12.8. The number of benzene rings is 1. The van der Waals surface area contributed by atoms with E-state index in [1.165, 1.54) is 6.07 Å². The number of piperazine rings is 1. The van der Waals surface area contributed by atoms with E-state index in [1.807, 2.05) is 18.7 Å². The van der Waals surface area contributed by atoms with Crippen LogP contribution in [0.5, 0.6) is 0 Å². The highest BCUT2D eigenvalue weighted by atomic mass is 19.4. The number of carbonyl (C=O) groups excluding carboxylic acids is 1. The minimum absolute atomic E-state index is 0.108. The minimum Gasteiger partial charge on any atom is -0.368 e. The van der Waals surface area contributed by atoms with E-state index < -0.39 is 11.7 Å². The highest BCUT2D eigenvalue weighted by molar-refractivity contribution is 5.74. The van der Waals surface area contributed by atoms with Crippen LogP contribution in [0.4, 0.5) is 23.7 Å². The lowest BCUT2D eigenvalue weighted by Gasteiger charge is -2.36. The van der Waals surface area contributed by atoms with Crippen LogP contribution in [0.25, 0.3) is 0 Å². The maximum atomic E-state index is 12.8. The van der Waals surface area contributed by atoms with Gasteiger partial charge in [-0.2, -0.15) is 13.2 Å². The van der Waals surface area contributed by atoms with Crippen molar-refractivity contribution in [3.05, 3.63) is 29.8 Å². The van der Waals surface area contributed by atoms with Gasteiger partial charge in [-0.15, -0.1) is 0 Å². The predicted octanol–water partition coefficient (Wildman–Crippen LogP) is 3.34. The number of nitrogens with zero attached hydrogens (tertiary/aromatic N) is 2. The highest BCUT2D eigenvalue weighted by Gasteiger charge is 2.31. The number of carbonyl (C=O) groups is 1. The van der Waals surface area contributed by atoms with Crippen molar-refractivity contribution < 1.29 is 18.0 Å². The van der Waals surface area contributed by atoms with Gasteiger partial charge in [0.2, 0.25) is 0 Å². The lowest BCUT2D eigenvalue weighted by molar-refractivity contribution is -0.137. The molecule has 1 unspecified atom stereocenters. The molecule has 1 N–H and O–H groups in total. The molecule has 1 saturated heterocycles. The normalized spacial score (nSPS) is 17.1. The largest absolute Gasteiger partial charge is 0.416 e. The second-order valence-corrected chi connectivity index (χ2v) is 5.78. The van der Waals surface area contributed by atoms with Gasteiger partial charge >= 0.3 is 12.2 Å². The molecule has 1 aliphatic heterocycles. The summed E-state index contributed by atoms with van der Waals surface area (Å²) in [6.07, 6.45) is -3.48. The molecule has 1 aromatic rings. The van der Waals surface area contributed by atoms with Crippen LogP contribution in [0.2, 0.25) is 0 Å². The third-order valence-corrected chi connectivity index (χ3v) is 4.09. The molecule has 1 fully saturated rings. The Kier molecular flexibility index (Phi) is 5.38. The van der Waals surface area contributed by atoms with Gasteiger partial charge in [0.05, 0.1) is 5.56 Å². The molecule has 0 bridgehead atoms. The Labute approximate surface area is 134 Å². The topological polar surface area (TPSA) is 35.6 Å². The third kappa shape index (κ3) is 4.53. The molecule has 0 aliphatic carbocycles. The molecule has 0 aromatic heterocycles. The Morgan fingerprint density at radius 2 is 1.91 bits per heavy atom. The van der Waals surface area contributed by atoms with Crippen LogP contribution in [0.3, 0.4) is 0 Å². The van der Waals surface area contributed by atoms with Gasteiger partial charge in [-0.05, 0) is 31.5 Å². The second kappa shape index (κ2) is 7.10. The fourth-order valence-electron chi connectivity index (χ4n) is 2.45. The van der Waals surface area contributed by atoms with Crippen LogP contribution >= 0.6 is 0 Å². The van der Waals surface area contributed by atoms with Crippen LogP contribution < -0.4 is 10.2 Å². The first-order valence-electron chi connectivity index (χ1n) is 7.79. The number of halogens is 3. The van der Waals surface area contributed by atoms with E-state index in [4.69, 9.17) is 0 Å². The van der Waals surface area contributed by atoms with Crippen LogP contribution in [0.1, 0.15) is 25.8 Å². The number of hydrogen-bond donors (Lipinski definition) is 1. The van der Waals surface area contributed by atoms with Crippen molar-refractivity contribution in [2.45, 2.75) is 32.5 Å². The summed E-state index contributed by atoms with van der Waals surface area (Å²) in [6.45, 7) is 5.98. The molecule has 4 nitrogen and oxygen atoms in total. The van der Waals surface area contributed by atoms with Gasteiger partial charge in [-0.1, -0.05) is 13.0 Å². The summed E-state index contributed by atoms with van der Waals surface area (Å²) in [7, 11) is 0. The summed E-state index contributed by atoms with van der Waals surface area (Å²) in [4.78, 5) is 15.6. The number of rotatable bonds is 3. The van der Waals surface area contributed by atoms with E-state index >= 15 is 0 Å². The first kappa shape index (κ1) is 17.4. The Hall–Kier alpha value is -1.92. The van der Waals surface area contributed by atoms with Gasteiger partial charge in [-0.25, -0.2) is 4.79 Å². The molecule has 7 heteroatoms. The van der Waals surface area contributed by atoms with Gasteiger partial charge in [-0.3, -0.25) is 0 Å². The first-order chi connectivity index (χ1) is 10.8. The Morgan fingerprint density at radius 3 is 2.48 bits per heavy atom. The number of nitrogens with one attached hydrogen (secondary N) is 1. The van der Waals surface area contributed by atoms with E-state index in [0.29, 0.717) is 31.9 Å². The van der Waals surface area contributed by atoms with Crippen molar-refractivity contribution in [2.24, 2.45) is 0 Å². The van der Waals surface area contributed by atoms with Crippen molar-refractivity contribution in [2.75, 3.05) is 31.1 Å². The van der Waals surface area contributed by atoms with Crippen molar-refractivity contribution in [3.63, 3.8) is 0 Å². The zero-order valence-corrected chi connectivity index (χ0v) is 13.4. The molecule has 1 aromatic carbocycles. The van der Waals surface area contributed by atoms with E-state index in [9.17, 15) is 18.0 Å². The van der Waals surface area contributed by atoms with Crippen LogP contribution in [-0.4, -0.2) is 43.2 Å². The maximum Gasteiger partial charge on any atom is 0.416 e. The molecule has 1 aliphatic rings. The number of amides is 2. The number of urea groups is 1. The summed E-state index contributed by atoms with van der Waals surface area (Å²) < 4.78 is 38.3. The lowest BCUT2D eigenvalue weighted by atomic mass is 10.1. The van der Waals surface area contributed by atoms with Crippen LogP contribution in [0, 0.1) is 0 Å². The molecule has 0 saturated carbocycles. The van der Waals surface area contributed by atoms with Gasteiger partial charge in [0, 0.05) is 37.9 Å². The van der Waals surface area contributed by atoms with Gasteiger partial charge < -0.3 is 15.1 Å². The monoisotopic (exact) mass is 329 g/mol. The van der Waals surface area contributed by atoms with Gasteiger partial charge in [0.25, 0.3) is 0 Å². The van der Waals surface area contributed by atoms with Crippen molar-refractivity contribution in [3.8, 4) is 0 Å². The van der Waals surface area contributed by atoms with Crippen LogP contribution in [-0.2, 0) is 6.18 Å². The number of anilines is 1. The third-order valence-electron chi connectivity index (χ3n) is 4.09. The van der Waals surface area contributed by atoms with Crippen molar-refractivity contribution in [1.82, 2.24) is 10.2 Å².